The molecule has 306 valence electrons. The lowest BCUT2D eigenvalue weighted by molar-refractivity contribution is -0.870. The third-order valence-corrected chi connectivity index (χ3v) is 9.22. The molecule has 0 aliphatic carbocycles. The van der Waals surface area contributed by atoms with Crippen molar-refractivity contribution in [1.82, 2.24) is 0 Å². The lowest BCUT2D eigenvalue weighted by Gasteiger charge is -2.28. The van der Waals surface area contributed by atoms with Crippen molar-refractivity contribution in [3.05, 3.63) is 60.8 Å². The smallest absolute Gasteiger partial charge is 0.306 e. The first-order valence-corrected chi connectivity index (χ1v) is 22.0. The van der Waals surface area contributed by atoms with E-state index in [2.05, 4.69) is 74.6 Å². The van der Waals surface area contributed by atoms with Gasteiger partial charge in [0, 0.05) is 12.8 Å². The Bertz CT molecular complexity index is 1090. The molecule has 0 aliphatic heterocycles. The molecule has 10 heteroatoms. The number of quaternary nitrogens is 1. The molecule has 0 aromatic rings. The zero-order valence-corrected chi connectivity index (χ0v) is 35.1. The summed E-state index contributed by atoms with van der Waals surface area (Å²) in [5.74, 6) is -0.903. The van der Waals surface area contributed by atoms with Gasteiger partial charge in [-0.3, -0.25) is 14.2 Å². The molecule has 1 unspecified atom stereocenters. The molecule has 2 atom stereocenters. The van der Waals surface area contributed by atoms with Crippen molar-refractivity contribution in [2.45, 2.75) is 155 Å². The molecule has 0 rings (SSSR count). The summed E-state index contributed by atoms with van der Waals surface area (Å²) >= 11 is 0. The van der Waals surface area contributed by atoms with E-state index in [1.807, 2.05) is 21.1 Å². The van der Waals surface area contributed by atoms with Crippen LogP contribution in [0.5, 0.6) is 0 Å². The van der Waals surface area contributed by atoms with Gasteiger partial charge in [0.25, 0.3) is 7.82 Å². The van der Waals surface area contributed by atoms with Crippen molar-refractivity contribution in [3.63, 3.8) is 0 Å². The Morgan fingerprint density at radius 2 is 1.04 bits per heavy atom. The van der Waals surface area contributed by atoms with Crippen molar-refractivity contribution in [1.29, 1.82) is 0 Å². The van der Waals surface area contributed by atoms with Gasteiger partial charge in [0.15, 0.2) is 6.10 Å². The SMILES string of the molecule is CCCC/C=C/C/C=C/CCCCCCCC(=O)OC[C@H](COP(=O)([O-])OCC[N+](C)(C)C)OC(=O)CCCC/C=C/C/C=C/C/C=C/CCCCC. The van der Waals surface area contributed by atoms with E-state index in [-0.39, 0.29) is 26.1 Å². The number of nitrogens with zero attached hydrogens (tertiary/aromatic N) is 1. The fourth-order valence-corrected chi connectivity index (χ4v) is 5.70. The van der Waals surface area contributed by atoms with E-state index in [1.54, 1.807) is 0 Å². The molecule has 0 N–H and O–H groups in total. The standard InChI is InChI=1S/C43H76NO8P/c1-6-8-10-12-14-16-18-20-22-24-26-28-30-32-34-36-43(46)52-41(40-51-53(47,48)50-38-37-44(3,4)5)39-49-42(45)35-33-31-29-27-25-23-21-19-17-15-13-11-9-7-2/h13-16,19-22,26,28,41H,6-12,17-18,23-25,27,29-40H2,1-5H3/b15-13+,16-14+,21-19+,22-20+,28-26+/t41-/m1/s1. The highest BCUT2D eigenvalue weighted by Crippen LogP contribution is 2.38. The maximum atomic E-state index is 12.6. The van der Waals surface area contributed by atoms with Gasteiger partial charge in [-0.15, -0.1) is 0 Å². The zero-order chi connectivity index (χ0) is 39.3. The summed E-state index contributed by atoms with van der Waals surface area (Å²) in [4.78, 5) is 37.4. The molecule has 0 amide bonds. The van der Waals surface area contributed by atoms with Crippen LogP contribution in [0.15, 0.2) is 60.8 Å². The first kappa shape index (κ1) is 50.7. The third kappa shape index (κ3) is 39.2. The quantitative estimate of drug-likeness (QED) is 0.0204. The third-order valence-electron chi connectivity index (χ3n) is 8.26. The molecule has 0 aromatic heterocycles. The van der Waals surface area contributed by atoms with E-state index in [4.69, 9.17) is 18.5 Å². The van der Waals surface area contributed by atoms with E-state index in [9.17, 15) is 19.0 Å². The van der Waals surface area contributed by atoms with Crippen molar-refractivity contribution >= 4 is 19.8 Å². The van der Waals surface area contributed by atoms with E-state index < -0.39 is 32.5 Å². The minimum atomic E-state index is -4.64. The van der Waals surface area contributed by atoms with E-state index in [0.717, 1.165) is 77.0 Å². The van der Waals surface area contributed by atoms with Gasteiger partial charge in [-0.2, -0.15) is 0 Å². The second-order valence-corrected chi connectivity index (χ2v) is 16.1. The predicted molar refractivity (Wildman–Crippen MR) is 217 cm³/mol. The summed E-state index contributed by atoms with van der Waals surface area (Å²) in [6.07, 6.45) is 41.0. The number of phosphoric ester groups is 1. The number of rotatable bonds is 36. The Morgan fingerprint density at radius 3 is 1.60 bits per heavy atom. The van der Waals surface area contributed by atoms with Crippen LogP contribution >= 0.6 is 7.82 Å². The first-order chi connectivity index (χ1) is 25.5. The molecule has 9 nitrogen and oxygen atoms in total. The minimum absolute atomic E-state index is 0.0432. The molecule has 0 bridgehead atoms. The Balaban J connectivity index is 4.51. The number of phosphoric acid groups is 1. The maximum absolute atomic E-state index is 12.6. The van der Waals surface area contributed by atoms with Crippen molar-refractivity contribution in [3.8, 4) is 0 Å². The Hall–Kier alpha value is -2.29. The van der Waals surface area contributed by atoms with Crippen LogP contribution in [0.4, 0.5) is 0 Å². The normalized spacial score (nSPS) is 14.3. The first-order valence-electron chi connectivity index (χ1n) is 20.5. The number of hydrogen-bond donors (Lipinski definition) is 0. The van der Waals surface area contributed by atoms with Crippen LogP contribution < -0.4 is 4.89 Å². The van der Waals surface area contributed by atoms with Gasteiger partial charge in [-0.25, -0.2) is 0 Å². The van der Waals surface area contributed by atoms with Crippen molar-refractivity contribution in [2.24, 2.45) is 0 Å². The van der Waals surface area contributed by atoms with Gasteiger partial charge in [0.2, 0.25) is 0 Å². The summed E-state index contributed by atoms with van der Waals surface area (Å²) in [6, 6.07) is 0. The number of hydrogen-bond acceptors (Lipinski definition) is 8. The number of likely N-dealkylation sites (N-methyl/N-ethyl adjacent to an activating group) is 1. The van der Waals surface area contributed by atoms with Crippen LogP contribution in [0.25, 0.3) is 0 Å². The predicted octanol–water partition coefficient (Wildman–Crippen LogP) is 10.7. The van der Waals surface area contributed by atoms with Gasteiger partial charge in [0.05, 0.1) is 27.7 Å². The van der Waals surface area contributed by atoms with Crippen LogP contribution in [0.2, 0.25) is 0 Å². The Kier molecular flexibility index (Phi) is 33.9. The number of allylic oxidation sites excluding steroid dienone is 10. The van der Waals surface area contributed by atoms with Gasteiger partial charge in [0.1, 0.15) is 19.8 Å². The highest BCUT2D eigenvalue weighted by molar-refractivity contribution is 7.45. The topological polar surface area (TPSA) is 111 Å². The number of esters is 2. The fraction of sp³-hybridized carbons (Fsp3) is 0.721. The summed E-state index contributed by atoms with van der Waals surface area (Å²) in [6.45, 7) is 4.07. The average molecular weight is 766 g/mol. The maximum Gasteiger partial charge on any atom is 0.306 e. The average Bonchev–Trinajstić information content (AvgIpc) is 3.10. The number of unbranched alkanes of at least 4 members (excludes halogenated alkanes) is 12. The fourth-order valence-electron chi connectivity index (χ4n) is 4.97. The monoisotopic (exact) mass is 766 g/mol. The number of carbonyl (C=O) groups is 2. The highest BCUT2D eigenvalue weighted by atomic mass is 31.2. The molecule has 0 heterocycles. The van der Waals surface area contributed by atoms with Crippen LogP contribution in [0.3, 0.4) is 0 Å². The van der Waals surface area contributed by atoms with Gasteiger partial charge >= 0.3 is 11.9 Å². The zero-order valence-electron chi connectivity index (χ0n) is 34.2. The van der Waals surface area contributed by atoms with Crippen LogP contribution in [0, 0.1) is 0 Å². The summed E-state index contributed by atoms with van der Waals surface area (Å²) in [5, 5.41) is 0. The summed E-state index contributed by atoms with van der Waals surface area (Å²) in [5.41, 5.74) is 0. The van der Waals surface area contributed by atoms with Gasteiger partial charge in [-0.05, 0) is 77.0 Å². The molecule has 0 aliphatic rings. The molecule has 53 heavy (non-hydrogen) atoms. The lowest BCUT2D eigenvalue weighted by Crippen LogP contribution is -2.37. The minimum Gasteiger partial charge on any atom is -0.756 e. The Morgan fingerprint density at radius 1 is 0.585 bits per heavy atom. The summed E-state index contributed by atoms with van der Waals surface area (Å²) in [7, 11) is 1.12. The second kappa shape index (κ2) is 35.4. The van der Waals surface area contributed by atoms with E-state index >= 15 is 0 Å². The van der Waals surface area contributed by atoms with Crippen LogP contribution in [-0.2, 0) is 32.7 Å². The molecule has 0 spiro atoms. The summed E-state index contributed by atoms with van der Waals surface area (Å²) < 4.78 is 33.7. The highest BCUT2D eigenvalue weighted by Gasteiger charge is 2.21. The molecule has 0 radical (unpaired) electrons. The van der Waals surface area contributed by atoms with Gasteiger partial charge in [-0.1, -0.05) is 120 Å². The molecular formula is C43H76NO8P. The van der Waals surface area contributed by atoms with Gasteiger partial charge < -0.3 is 27.9 Å². The number of carbonyl (C=O) groups excluding carboxylic acids is 2. The Labute approximate surface area is 324 Å². The second-order valence-electron chi connectivity index (χ2n) is 14.6. The lowest BCUT2D eigenvalue weighted by atomic mass is 10.1. The van der Waals surface area contributed by atoms with Crippen LogP contribution in [-0.4, -0.2) is 70.0 Å². The molecule has 0 saturated heterocycles. The molecule has 0 saturated carbocycles. The van der Waals surface area contributed by atoms with Crippen molar-refractivity contribution < 1.29 is 42.1 Å². The molecule has 0 fully saturated rings. The number of ether oxygens (including phenoxy) is 2. The van der Waals surface area contributed by atoms with Crippen molar-refractivity contribution in [2.75, 3.05) is 47.5 Å². The van der Waals surface area contributed by atoms with Crippen LogP contribution in [0.1, 0.15) is 149 Å². The molecular weight excluding hydrogens is 689 g/mol. The largest absolute Gasteiger partial charge is 0.756 e. The van der Waals surface area contributed by atoms with E-state index in [1.165, 1.54) is 32.1 Å². The molecule has 0 aromatic carbocycles. The van der Waals surface area contributed by atoms with E-state index in [0.29, 0.717) is 23.9 Å².